The third-order valence-electron chi connectivity index (χ3n) is 4.34. The van der Waals surface area contributed by atoms with Crippen molar-refractivity contribution in [1.82, 2.24) is 5.32 Å². The number of hydrogen-bond donors (Lipinski definition) is 1. The molecule has 0 saturated heterocycles. The summed E-state index contributed by atoms with van der Waals surface area (Å²) in [4.78, 5) is 0. The Hall–Kier alpha value is -2.85. The Labute approximate surface area is 159 Å². The van der Waals surface area contributed by atoms with E-state index < -0.39 is 0 Å². The standard InChI is InChI=1S/C23H24FNO2/c1-17-6-8-18(9-7-17)14-25-15-20-4-3-5-22(26-2)23(20)27-16-19-10-12-21(24)13-11-19/h3-13,25H,14-16H2,1-2H3. The van der Waals surface area contributed by atoms with E-state index in [0.717, 1.165) is 17.7 Å². The van der Waals surface area contributed by atoms with Crippen LogP contribution in [0.5, 0.6) is 11.5 Å². The monoisotopic (exact) mass is 365 g/mol. The predicted molar refractivity (Wildman–Crippen MR) is 105 cm³/mol. The molecule has 0 unspecified atom stereocenters. The van der Waals surface area contributed by atoms with Crippen molar-refractivity contribution in [3.8, 4) is 11.5 Å². The largest absolute Gasteiger partial charge is 0.493 e. The van der Waals surface area contributed by atoms with Gasteiger partial charge in [0.25, 0.3) is 0 Å². The topological polar surface area (TPSA) is 30.5 Å². The molecular formula is C23H24FNO2. The van der Waals surface area contributed by atoms with E-state index in [1.165, 1.54) is 23.3 Å². The van der Waals surface area contributed by atoms with Crippen molar-refractivity contribution in [2.24, 2.45) is 0 Å². The van der Waals surface area contributed by atoms with Gasteiger partial charge in [-0.3, -0.25) is 0 Å². The van der Waals surface area contributed by atoms with E-state index in [0.29, 0.717) is 24.7 Å². The molecule has 3 aromatic carbocycles. The smallest absolute Gasteiger partial charge is 0.166 e. The molecule has 0 radical (unpaired) electrons. The third-order valence-corrected chi connectivity index (χ3v) is 4.34. The van der Waals surface area contributed by atoms with Gasteiger partial charge in [-0.2, -0.15) is 0 Å². The second-order valence-electron chi connectivity index (χ2n) is 6.45. The molecule has 0 bridgehead atoms. The molecule has 0 aliphatic rings. The lowest BCUT2D eigenvalue weighted by Gasteiger charge is -2.16. The molecule has 4 heteroatoms. The summed E-state index contributed by atoms with van der Waals surface area (Å²) in [5, 5.41) is 3.45. The maximum Gasteiger partial charge on any atom is 0.166 e. The molecule has 3 aromatic rings. The van der Waals surface area contributed by atoms with Crippen LogP contribution in [-0.2, 0) is 19.7 Å². The number of aryl methyl sites for hydroxylation is 1. The van der Waals surface area contributed by atoms with Gasteiger partial charge in [0.1, 0.15) is 12.4 Å². The highest BCUT2D eigenvalue weighted by Gasteiger charge is 2.11. The number of rotatable bonds is 8. The molecule has 0 saturated carbocycles. The fourth-order valence-corrected chi connectivity index (χ4v) is 2.81. The molecule has 27 heavy (non-hydrogen) atoms. The molecule has 0 spiro atoms. The van der Waals surface area contributed by atoms with Gasteiger partial charge >= 0.3 is 0 Å². The first-order chi connectivity index (χ1) is 13.2. The Kier molecular flexibility index (Phi) is 6.44. The molecule has 1 N–H and O–H groups in total. The predicted octanol–water partition coefficient (Wildman–Crippen LogP) is 5.01. The minimum Gasteiger partial charge on any atom is -0.493 e. The summed E-state index contributed by atoms with van der Waals surface area (Å²) in [6, 6.07) is 20.6. The summed E-state index contributed by atoms with van der Waals surface area (Å²) in [5.74, 6) is 1.14. The van der Waals surface area contributed by atoms with E-state index in [9.17, 15) is 4.39 Å². The van der Waals surface area contributed by atoms with E-state index in [1.807, 2.05) is 18.2 Å². The molecule has 0 aliphatic heterocycles. The van der Waals surface area contributed by atoms with Crippen LogP contribution in [0.3, 0.4) is 0 Å². The van der Waals surface area contributed by atoms with E-state index in [2.05, 4.69) is 36.5 Å². The van der Waals surface area contributed by atoms with Gasteiger partial charge in [0, 0.05) is 18.7 Å². The average molecular weight is 365 g/mol. The Bertz CT molecular complexity index is 861. The summed E-state index contributed by atoms with van der Waals surface area (Å²) in [6.07, 6.45) is 0. The average Bonchev–Trinajstić information content (AvgIpc) is 2.69. The molecular weight excluding hydrogens is 341 g/mol. The Balaban J connectivity index is 1.66. The summed E-state index contributed by atoms with van der Waals surface area (Å²) in [6.45, 7) is 3.86. The van der Waals surface area contributed by atoms with E-state index in [4.69, 9.17) is 9.47 Å². The van der Waals surface area contributed by atoms with Crippen molar-refractivity contribution in [2.45, 2.75) is 26.6 Å². The lowest BCUT2D eigenvalue weighted by atomic mass is 10.1. The van der Waals surface area contributed by atoms with Crippen LogP contribution in [0.25, 0.3) is 0 Å². The molecule has 140 valence electrons. The van der Waals surface area contributed by atoms with Crippen molar-refractivity contribution in [2.75, 3.05) is 7.11 Å². The van der Waals surface area contributed by atoms with Gasteiger partial charge in [-0.15, -0.1) is 0 Å². The van der Waals surface area contributed by atoms with Crippen molar-refractivity contribution >= 4 is 0 Å². The van der Waals surface area contributed by atoms with Crippen LogP contribution in [0.2, 0.25) is 0 Å². The van der Waals surface area contributed by atoms with Crippen molar-refractivity contribution in [1.29, 1.82) is 0 Å². The number of benzene rings is 3. The van der Waals surface area contributed by atoms with E-state index in [1.54, 1.807) is 19.2 Å². The van der Waals surface area contributed by atoms with Gasteiger partial charge in [-0.25, -0.2) is 4.39 Å². The summed E-state index contributed by atoms with van der Waals surface area (Å²) in [5.41, 5.74) is 4.41. The number of methoxy groups -OCH3 is 1. The Morgan fingerprint density at radius 2 is 1.56 bits per heavy atom. The fraction of sp³-hybridized carbons (Fsp3) is 0.217. The first-order valence-corrected chi connectivity index (χ1v) is 8.95. The van der Waals surface area contributed by atoms with Gasteiger partial charge in [-0.1, -0.05) is 54.1 Å². The zero-order valence-corrected chi connectivity index (χ0v) is 15.7. The normalized spacial score (nSPS) is 10.6. The number of halogens is 1. The zero-order valence-electron chi connectivity index (χ0n) is 15.7. The highest BCUT2D eigenvalue weighted by atomic mass is 19.1. The number of para-hydroxylation sites is 1. The SMILES string of the molecule is COc1cccc(CNCc2ccc(C)cc2)c1OCc1ccc(F)cc1. The molecule has 0 atom stereocenters. The fourth-order valence-electron chi connectivity index (χ4n) is 2.81. The van der Waals surface area contributed by atoms with Crippen LogP contribution in [0.4, 0.5) is 4.39 Å². The minimum absolute atomic E-state index is 0.253. The highest BCUT2D eigenvalue weighted by molar-refractivity contribution is 5.46. The molecule has 0 aromatic heterocycles. The number of hydrogen-bond acceptors (Lipinski definition) is 3. The molecule has 0 amide bonds. The van der Waals surface area contributed by atoms with Crippen LogP contribution in [0.1, 0.15) is 22.3 Å². The van der Waals surface area contributed by atoms with Gasteiger partial charge in [0.15, 0.2) is 11.5 Å². The second-order valence-corrected chi connectivity index (χ2v) is 6.45. The lowest BCUT2D eigenvalue weighted by molar-refractivity contribution is 0.280. The van der Waals surface area contributed by atoms with E-state index in [-0.39, 0.29) is 5.82 Å². The van der Waals surface area contributed by atoms with E-state index >= 15 is 0 Å². The van der Waals surface area contributed by atoms with Crippen LogP contribution in [-0.4, -0.2) is 7.11 Å². The van der Waals surface area contributed by atoms with Gasteiger partial charge in [-0.05, 0) is 36.2 Å². The summed E-state index contributed by atoms with van der Waals surface area (Å²) >= 11 is 0. The lowest BCUT2D eigenvalue weighted by Crippen LogP contribution is -2.14. The highest BCUT2D eigenvalue weighted by Crippen LogP contribution is 2.32. The maximum absolute atomic E-state index is 13.1. The zero-order chi connectivity index (χ0) is 19.1. The van der Waals surface area contributed by atoms with Crippen LogP contribution >= 0.6 is 0 Å². The molecule has 0 heterocycles. The van der Waals surface area contributed by atoms with Gasteiger partial charge < -0.3 is 14.8 Å². The van der Waals surface area contributed by atoms with Crippen molar-refractivity contribution in [3.05, 3.63) is 94.8 Å². The first kappa shape index (κ1) is 18.9. The summed E-state index contributed by atoms with van der Waals surface area (Å²) < 4.78 is 24.5. The number of ether oxygens (including phenoxy) is 2. The quantitative estimate of drug-likeness (QED) is 0.609. The van der Waals surface area contributed by atoms with Gasteiger partial charge in [0.05, 0.1) is 7.11 Å². The number of nitrogens with one attached hydrogen (secondary N) is 1. The van der Waals surface area contributed by atoms with Crippen molar-refractivity contribution in [3.63, 3.8) is 0 Å². The minimum atomic E-state index is -0.253. The third kappa shape index (κ3) is 5.31. The maximum atomic E-state index is 13.1. The molecule has 0 fully saturated rings. The van der Waals surface area contributed by atoms with Crippen LogP contribution in [0.15, 0.2) is 66.7 Å². The Morgan fingerprint density at radius 1 is 0.852 bits per heavy atom. The molecule has 3 rings (SSSR count). The second kappa shape index (κ2) is 9.19. The first-order valence-electron chi connectivity index (χ1n) is 8.95. The van der Waals surface area contributed by atoms with Crippen LogP contribution in [0, 0.1) is 12.7 Å². The van der Waals surface area contributed by atoms with Gasteiger partial charge in [0.2, 0.25) is 0 Å². The molecule has 3 nitrogen and oxygen atoms in total. The van der Waals surface area contributed by atoms with Crippen molar-refractivity contribution < 1.29 is 13.9 Å². The Morgan fingerprint density at radius 3 is 2.26 bits per heavy atom. The van der Waals surface area contributed by atoms with Crippen LogP contribution < -0.4 is 14.8 Å². The molecule has 0 aliphatic carbocycles. The summed E-state index contributed by atoms with van der Waals surface area (Å²) in [7, 11) is 1.63.